The highest BCUT2D eigenvalue weighted by Gasteiger charge is 2.45. The van der Waals surface area contributed by atoms with E-state index in [0.717, 1.165) is 42.6 Å². The summed E-state index contributed by atoms with van der Waals surface area (Å²) in [6, 6.07) is 8.98. The third kappa shape index (κ3) is 5.10. The van der Waals surface area contributed by atoms with Gasteiger partial charge in [-0.1, -0.05) is 25.3 Å². The highest BCUT2D eigenvalue weighted by Crippen LogP contribution is 2.32. The van der Waals surface area contributed by atoms with E-state index in [1.54, 1.807) is 35.5 Å². The number of nitrogens with zero attached hydrogens (tertiary/aromatic N) is 3. The molecule has 1 aliphatic heterocycles. The third-order valence-electron chi connectivity index (χ3n) is 6.17. The molecule has 3 amide bonds. The van der Waals surface area contributed by atoms with E-state index in [9.17, 15) is 19.2 Å². The number of rotatable bonds is 6. The van der Waals surface area contributed by atoms with Crippen LogP contribution in [0, 0.1) is 5.92 Å². The largest absolute Gasteiger partial charge is 0.427 e. The van der Waals surface area contributed by atoms with Gasteiger partial charge in [0.25, 0.3) is 5.91 Å². The average Bonchev–Trinajstić information content (AvgIpc) is 3.12. The second-order valence-electron chi connectivity index (χ2n) is 8.54. The SMILES string of the molecule is CC(=O)Oc1ccc(N2C(=O)CC(N(Cc3cccnc3)C(=O)C3CCCCC3)C2=O)cc1. The van der Waals surface area contributed by atoms with Crippen molar-refractivity contribution < 1.29 is 23.9 Å². The molecule has 2 aliphatic rings. The summed E-state index contributed by atoms with van der Waals surface area (Å²) < 4.78 is 5.02. The Balaban J connectivity index is 1.58. The maximum absolute atomic E-state index is 13.5. The monoisotopic (exact) mass is 449 g/mol. The summed E-state index contributed by atoms with van der Waals surface area (Å²) in [5.74, 6) is -1.12. The second kappa shape index (κ2) is 9.94. The summed E-state index contributed by atoms with van der Waals surface area (Å²) in [5, 5.41) is 0. The van der Waals surface area contributed by atoms with Crippen LogP contribution < -0.4 is 9.64 Å². The normalized spacial score (nSPS) is 18.9. The van der Waals surface area contributed by atoms with Crippen LogP contribution in [-0.2, 0) is 25.7 Å². The number of anilines is 1. The molecule has 1 saturated heterocycles. The van der Waals surface area contributed by atoms with Crippen molar-refractivity contribution in [1.29, 1.82) is 0 Å². The summed E-state index contributed by atoms with van der Waals surface area (Å²) >= 11 is 0. The maximum Gasteiger partial charge on any atom is 0.308 e. The van der Waals surface area contributed by atoms with Crippen LogP contribution in [0.5, 0.6) is 5.75 Å². The molecule has 1 atom stereocenters. The summed E-state index contributed by atoms with van der Waals surface area (Å²) in [5.41, 5.74) is 1.20. The van der Waals surface area contributed by atoms with Crippen LogP contribution in [-0.4, -0.2) is 39.6 Å². The number of hydrogen-bond donors (Lipinski definition) is 0. The molecule has 0 N–H and O–H groups in total. The van der Waals surface area contributed by atoms with Crippen molar-refractivity contribution in [2.45, 2.75) is 58.0 Å². The quantitative estimate of drug-likeness (QED) is 0.382. The molecule has 0 bridgehead atoms. The van der Waals surface area contributed by atoms with E-state index in [0.29, 0.717) is 11.4 Å². The standard InChI is InChI=1S/C25H27N3O5/c1-17(29)33-21-11-9-20(10-12-21)28-23(30)14-22(25(28)32)27(16-18-6-5-13-26-15-18)24(31)19-7-3-2-4-8-19/h5-6,9-13,15,19,22H,2-4,7-8,14,16H2,1H3. The molecule has 1 aromatic carbocycles. The van der Waals surface area contributed by atoms with Gasteiger partial charge >= 0.3 is 5.97 Å². The van der Waals surface area contributed by atoms with Crippen molar-refractivity contribution >= 4 is 29.4 Å². The van der Waals surface area contributed by atoms with Gasteiger partial charge < -0.3 is 9.64 Å². The molecule has 1 unspecified atom stereocenters. The fourth-order valence-corrected chi connectivity index (χ4v) is 4.57. The van der Waals surface area contributed by atoms with Crippen molar-refractivity contribution in [1.82, 2.24) is 9.88 Å². The first-order valence-corrected chi connectivity index (χ1v) is 11.3. The van der Waals surface area contributed by atoms with Crippen LogP contribution in [0.4, 0.5) is 5.69 Å². The lowest BCUT2D eigenvalue weighted by Crippen LogP contribution is -2.47. The maximum atomic E-state index is 13.5. The minimum atomic E-state index is -0.861. The zero-order valence-electron chi connectivity index (χ0n) is 18.6. The van der Waals surface area contributed by atoms with Gasteiger partial charge in [0.15, 0.2) is 0 Å². The first kappa shape index (κ1) is 22.6. The van der Waals surface area contributed by atoms with E-state index in [2.05, 4.69) is 4.98 Å². The Kier molecular flexibility index (Phi) is 6.82. The molecule has 1 aromatic heterocycles. The smallest absolute Gasteiger partial charge is 0.308 e. The van der Waals surface area contributed by atoms with Gasteiger partial charge in [-0.25, -0.2) is 4.90 Å². The molecule has 2 fully saturated rings. The zero-order chi connectivity index (χ0) is 23.4. The zero-order valence-corrected chi connectivity index (χ0v) is 18.6. The molecule has 8 heteroatoms. The van der Waals surface area contributed by atoms with Crippen molar-refractivity contribution in [2.75, 3.05) is 4.90 Å². The molecule has 172 valence electrons. The van der Waals surface area contributed by atoms with Crippen molar-refractivity contribution in [3.05, 3.63) is 54.4 Å². The van der Waals surface area contributed by atoms with Gasteiger partial charge in [-0.3, -0.25) is 24.2 Å². The number of amides is 3. The van der Waals surface area contributed by atoms with Crippen LogP contribution in [0.25, 0.3) is 0 Å². The molecule has 33 heavy (non-hydrogen) atoms. The number of benzene rings is 1. The van der Waals surface area contributed by atoms with E-state index in [4.69, 9.17) is 4.74 Å². The number of ether oxygens (including phenoxy) is 1. The van der Waals surface area contributed by atoms with Crippen molar-refractivity contribution in [3.8, 4) is 5.75 Å². The lowest BCUT2D eigenvalue weighted by molar-refractivity contribution is -0.143. The summed E-state index contributed by atoms with van der Waals surface area (Å²) in [7, 11) is 0. The molecule has 4 rings (SSSR count). The first-order valence-electron chi connectivity index (χ1n) is 11.3. The van der Waals surface area contributed by atoms with Crippen LogP contribution >= 0.6 is 0 Å². The fourth-order valence-electron chi connectivity index (χ4n) is 4.57. The van der Waals surface area contributed by atoms with Crippen LogP contribution in [0.3, 0.4) is 0 Å². The molecule has 0 spiro atoms. The van der Waals surface area contributed by atoms with Gasteiger partial charge in [0.1, 0.15) is 11.8 Å². The number of hydrogen-bond acceptors (Lipinski definition) is 6. The number of aromatic nitrogens is 1. The molecule has 2 heterocycles. The van der Waals surface area contributed by atoms with Crippen LogP contribution in [0.15, 0.2) is 48.8 Å². The van der Waals surface area contributed by atoms with Gasteiger partial charge in [-0.05, 0) is 48.7 Å². The predicted molar refractivity (Wildman–Crippen MR) is 120 cm³/mol. The van der Waals surface area contributed by atoms with Gasteiger partial charge in [0.2, 0.25) is 11.8 Å². The number of esters is 1. The molecular formula is C25H27N3O5. The Morgan fingerprint density at radius 2 is 1.82 bits per heavy atom. The highest BCUT2D eigenvalue weighted by molar-refractivity contribution is 6.23. The molecule has 0 radical (unpaired) electrons. The second-order valence-corrected chi connectivity index (χ2v) is 8.54. The summed E-state index contributed by atoms with van der Waals surface area (Å²) in [6.07, 6.45) is 7.98. The van der Waals surface area contributed by atoms with E-state index >= 15 is 0 Å². The number of imide groups is 1. The lowest BCUT2D eigenvalue weighted by Gasteiger charge is -2.32. The third-order valence-corrected chi connectivity index (χ3v) is 6.17. The van der Waals surface area contributed by atoms with Crippen molar-refractivity contribution in [2.24, 2.45) is 5.92 Å². The Bertz CT molecular complexity index is 1030. The highest BCUT2D eigenvalue weighted by atomic mass is 16.5. The van der Waals surface area contributed by atoms with Crippen molar-refractivity contribution in [3.63, 3.8) is 0 Å². The summed E-state index contributed by atoms with van der Waals surface area (Å²) in [6.45, 7) is 1.53. The Morgan fingerprint density at radius 3 is 2.45 bits per heavy atom. The van der Waals surface area contributed by atoms with E-state index in [-0.39, 0.29) is 30.7 Å². The Labute approximate surface area is 192 Å². The fraction of sp³-hybridized carbons (Fsp3) is 0.400. The van der Waals surface area contributed by atoms with Gasteiger partial charge in [0.05, 0.1) is 12.1 Å². The average molecular weight is 450 g/mol. The van der Waals surface area contributed by atoms with E-state index < -0.39 is 17.9 Å². The Morgan fingerprint density at radius 1 is 1.09 bits per heavy atom. The minimum Gasteiger partial charge on any atom is -0.427 e. The van der Waals surface area contributed by atoms with E-state index in [1.807, 2.05) is 6.07 Å². The molecule has 8 nitrogen and oxygen atoms in total. The van der Waals surface area contributed by atoms with Crippen LogP contribution in [0.1, 0.15) is 51.0 Å². The van der Waals surface area contributed by atoms with Gasteiger partial charge in [0, 0.05) is 31.8 Å². The lowest BCUT2D eigenvalue weighted by atomic mass is 9.87. The molecule has 1 saturated carbocycles. The van der Waals surface area contributed by atoms with Gasteiger partial charge in [-0.15, -0.1) is 0 Å². The van der Waals surface area contributed by atoms with E-state index in [1.165, 1.54) is 19.1 Å². The molecule has 2 aromatic rings. The number of pyridine rings is 1. The summed E-state index contributed by atoms with van der Waals surface area (Å²) in [4.78, 5) is 57.7. The topological polar surface area (TPSA) is 96.9 Å². The Hall–Kier alpha value is -3.55. The number of carbonyl (C=O) groups is 4. The van der Waals surface area contributed by atoms with Crippen LogP contribution in [0.2, 0.25) is 0 Å². The molecule has 1 aliphatic carbocycles. The molecular weight excluding hydrogens is 422 g/mol. The number of carbonyl (C=O) groups excluding carboxylic acids is 4. The predicted octanol–water partition coefficient (Wildman–Crippen LogP) is 3.25. The minimum absolute atomic E-state index is 0.0662. The first-order chi connectivity index (χ1) is 15.9. The van der Waals surface area contributed by atoms with Gasteiger partial charge in [-0.2, -0.15) is 0 Å².